The van der Waals surface area contributed by atoms with E-state index in [-0.39, 0.29) is 24.1 Å². The van der Waals surface area contributed by atoms with E-state index in [0.717, 1.165) is 6.42 Å². The van der Waals surface area contributed by atoms with Crippen LogP contribution in [0, 0.1) is 0 Å². The number of halogens is 3. The maximum atomic E-state index is 12.8. The second kappa shape index (κ2) is 7.09. The zero-order valence-corrected chi connectivity index (χ0v) is 12.1. The molecule has 0 radical (unpaired) electrons. The standard InChI is InChI=1S/C12H18F3N5O/c1-4-5-17-8-6-9(20(3)7-10(21)16-2)19-11(18-8)12(13,14)15/h6H,4-5,7H2,1-3H3,(H,16,21)(H,17,18,19). The Morgan fingerprint density at radius 1 is 1.38 bits per heavy atom. The molecule has 1 aromatic heterocycles. The monoisotopic (exact) mass is 305 g/mol. The third-order valence-corrected chi connectivity index (χ3v) is 2.57. The first-order valence-electron chi connectivity index (χ1n) is 6.39. The normalized spacial score (nSPS) is 11.1. The zero-order valence-electron chi connectivity index (χ0n) is 12.1. The van der Waals surface area contributed by atoms with Crippen LogP contribution in [0.1, 0.15) is 19.2 Å². The predicted octanol–water partition coefficient (Wildman–Crippen LogP) is 1.50. The summed E-state index contributed by atoms with van der Waals surface area (Å²) in [5.41, 5.74) is 0. The fourth-order valence-corrected chi connectivity index (χ4v) is 1.48. The van der Waals surface area contributed by atoms with Crippen molar-refractivity contribution < 1.29 is 18.0 Å². The van der Waals surface area contributed by atoms with Crippen molar-refractivity contribution in [2.75, 3.05) is 37.4 Å². The molecule has 21 heavy (non-hydrogen) atoms. The minimum atomic E-state index is -4.65. The highest BCUT2D eigenvalue weighted by Crippen LogP contribution is 2.29. The fraction of sp³-hybridized carbons (Fsp3) is 0.583. The van der Waals surface area contributed by atoms with Gasteiger partial charge in [0, 0.05) is 26.7 Å². The lowest BCUT2D eigenvalue weighted by atomic mass is 10.4. The third-order valence-electron chi connectivity index (χ3n) is 2.57. The molecule has 0 unspecified atom stereocenters. The summed E-state index contributed by atoms with van der Waals surface area (Å²) in [4.78, 5) is 19.5. The number of carbonyl (C=O) groups is 1. The number of aromatic nitrogens is 2. The van der Waals surface area contributed by atoms with Crippen molar-refractivity contribution in [2.24, 2.45) is 0 Å². The van der Waals surface area contributed by atoms with Gasteiger partial charge in [0.25, 0.3) is 0 Å². The Bertz CT molecular complexity index is 492. The van der Waals surface area contributed by atoms with E-state index < -0.39 is 12.0 Å². The van der Waals surface area contributed by atoms with E-state index in [9.17, 15) is 18.0 Å². The van der Waals surface area contributed by atoms with Crippen LogP contribution in [0.15, 0.2) is 6.07 Å². The first-order valence-corrected chi connectivity index (χ1v) is 6.39. The smallest absolute Gasteiger partial charge is 0.370 e. The Hall–Kier alpha value is -2.06. The summed E-state index contributed by atoms with van der Waals surface area (Å²) >= 11 is 0. The van der Waals surface area contributed by atoms with E-state index in [4.69, 9.17) is 0 Å². The molecule has 1 amide bonds. The molecule has 0 saturated carbocycles. The van der Waals surface area contributed by atoms with Crippen molar-refractivity contribution in [2.45, 2.75) is 19.5 Å². The number of rotatable bonds is 6. The van der Waals surface area contributed by atoms with Gasteiger partial charge in [0.1, 0.15) is 11.6 Å². The maximum Gasteiger partial charge on any atom is 0.451 e. The van der Waals surface area contributed by atoms with E-state index in [2.05, 4.69) is 20.6 Å². The van der Waals surface area contributed by atoms with Gasteiger partial charge in [-0.2, -0.15) is 13.2 Å². The molecular formula is C12H18F3N5O. The van der Waals surface area contributed by atoms with Crippen LogP contribution < -0.4 is 15.5 Å². The van der Waals surface area contributed by atoms with Crippen molar-refractivity contribution in [1.82, 2.24) is 15.3 Å². The summed E-state index contributed by atoms with van der Waals surface area (Å²) in [5, 5.41) is 5.19. The zero-order chi connectivity index (χ0) is 16.0. The number of likely N-dealkylation sites (N-methyl/N-ethyl adjacent to an activating group) is 2. The topological polar surface area (TPSA) is 70.2 Å². The number of anilines is 2. The van der Waals surface area contributed by atoms with Crippen LogP contribution in [-0.2, 0) is 11.0 Å². The molecule has 0 bridgehead atoms. The lowest BCUT2D eigenvalue weighted by Crippen LogP contribution is -2.33. The summed E-state index contributed by atoms with van der Waals surface area (Å²) in [7, 11) is 2.94. The second-order valence-corrected chi connectivity index (χ2v) is 4.39. The summed E-state index contributed by atoms with van der Waals surface area (Å²) in [5.74, 6) is -1.45. The average molecular weight is 305 g/mol. The van der Waals surface area contributed by atoms with E-state index in [1.54, 1.807) is 0 Å². The predicted molar refractivity (Wildman–Crippen MR) is 73.2 cm³/mol. The van der Waals surface area contributed by atoms with Crippen LogP contribution in [0.25, 0.3) is 0 Å². The first kappa shape index (κ1) is 17.0. The van der Waals surface area contributed by atoms with Crippen molar-refractivity contribution in [1.29, 1.82) is 0 Å². The molecule has 0 aliphatic rings. The van der Waals surface area contributed by atoms with Crippen LogP contribution in [0.2, 0.25) is 0 Å². The SMILES string of the molecule is CCCNc1cc(N(C)CC(=O)NC)nc(C(F)(F)F)n1. The number of nitrogens with zero attached hydrogens (tertiary/aromatic N) is 3. The molecule has 0 saturated heterocycles. The lowest BCUT2D eigenvalue weighted by molar-refractivity contribution is -0.144. The van der Waals surface area contributed by atoms with Crippen molar-refractivity contribution >= 4 is 17.5 Å². The van der Waals surface area contributed by atoms with Gasteiger partial charge in [0.05, 0.1) is 6.54 Å². The summed E-state index contributed by atoms with van der Waals surface area (Å²) in [6.45, 7) is 2.28. The second-order valence-electron chi connectivity index (χ2n) is 4.39. The highest BCUT2D eigenvalue weighted by Gasteiger charge is 2.35. The Morgan fingerprint density at radius 3 is 2.57 bits per heavy atom. The van der Waals surface area contributed by atoms with Gasteiger partial charge < -0.3 is 15.5 Å². The minimum Gasteiger partial charge on any atom is -0.370 e. The molecule has 2 N–H and O–H groups in total. The Morgan fingerprint density at radius 2 is 2.05 bits per heavy atom. The maximum absolute atomic E-state index is 12.8. The summed E-state index contributed by atoms with van der Waals surface area (Å²) < 4.78 is 38.4. The molecule has 6 nitrogen and oxygen atoms in total. The highest BCUT2D eigenvalue weighted by atomic mass is 19.4. The van der Waals surface area contributed by atoms with Gasteiger partial charge in [-0.25, -0.2) is 9.97 Å². The molecule has 0 aliphatic carbocycles. The van der Waals surface area contributed by atoms with E-state index in [0.29, 0.717) is 6.54 Å². The number of alkyl halides is 3. The summed E-state index contributed by atoms with van der Waals surface area (Å²) in [6.07, 6.45) is -3.90. The van der Waals surface area contributed by atoms with E-state index in [1.165, 1.54) is 25.1 Å². The van der Waals surface area contributed by atoms with Gasteiger partial charge >= 0.3 is 6.18 Å². The molecular weight excluding hydrogens is 287 g/mol. The lowest BCUT2D eigenvalue weighted by Gasteiger charge is -2.19. The van der Waals surface area contributed by atoms with Crippen molar-refractivity contribution in [3.05, 3.63) is 11.9 Å². The molecule has 1 rings (SSSR count). The Kier molecular flexibility index (Phi) is 5.74. The summed E-state index contributed by atoms with van der Waals surface area (Å²) in [6, 6.07) is 1.38. The Balaban J connectivity index is 3.09. The van der Waals surface area contributed by atoms with Gasteiger partial charge in [-0.15, -0.1) is 0 Å². The third kappa shape index (κ3) is 5.09. The van der Waals surface area contributed by atoms with Crippen LogP contribution >= 0.6 is 0 Å². The number of hydrogen-bond acceptors (Lipinski definition) is 5. The fourth-order valence-electron chi connectivity index (χ4n) is 1.48. The molecule has 0 fully saturated rings. The first-order chi connectivity index (χ1) is 9.77. The van der Waals surface area contributed by atoms with E-state index in [1.807, 2.05) is 6.92 Å². The number of nitrogens with one attached hydrogen (secondary N) is 2. The molecule has 9 heteroatoms. The molecule has 0 atom stereocenters. The van der Waals surface area contributed by atoms with Gasteiger partial charge in [0.2, 0.25) is 11.7 Å². The average Bonchev–Trinajstić information content (AvgIpc) is 2.43. The molecule has 1 heterocycles. The van der Waals surface area contributed by atoms with Crippen molar-refractivity contribution in [3.8, 4) is 0 Å². The van der Waals surface area contributed by atoms with Gasteiger partial charge in [-0.3, -0.25) is 4.79 Å². The van der Waals surface area contributed by atoms with Crippen LogP contribution in [0.4, 0.5) is 24.8 Å². The van der Waals surface area contributed by atoms with Crippen LogP contribution in [0.3, 0.4) is 0 Å². The van der Waals surface area contributed by atoms with E-state index >= 15 is 0 Å². The quantitative estimate of drug-likeness (QED) is 0.833. The van der Waals surface area contributed by atoms with Gasteiger partial charge in [-0.1, -0.05) is 6.92 Å². The largest absolute Gasteiger partial charge is 0.451 e. The number of carbonyl (C=O) groups excluding carboxylic acids is 1. The highest BCUT2D eigenvalue weighted by molar-refractivity contribution is 5.80. The number of amides is 1. The minimum absolute atomic E-state index is 0.0273. The van der Waals surface area contributed by atoms with Crippen LogP contribution in [0.5, 0.6) is 0 Å². The molecule has 0 spiro atoms. The molecule has 0 aliphatic heterocycles. The number of hydrogen-bond donors (Lipinski definition) is 2. The van der Waals surface area contributed by atoms with Crippen LogP contribution in [-0.4, -0.2) is 43.1 Å². The van der Waals surface area contributed by atoms with Crippen molar-refractivity contribution in [3.63, 3.8) is 0 Å². The van der Waals surface area contributed by atoms with Gasteiger partial charge in [-0.05, 0) is 6.42 Å². The molecule has 0 aromatic carbocycles. The Labute approximate surface area is 120 Å². The molecule has 118 valence electrons. The molecule has 1 aromatic rings. The van der Waals surface area contributed by atoms with Gasteiger partial charge in [0.15, 0.2) is 0 Å².